The standard InChI is InChI=1S/C18H18FN3O2/c19-15-11-13(7-8-16(15)22-9-3-4-10-22)12-20-21-18(24)14-5-1-2-6-17(14)23/h1-2,5-8,11-12,23H,3-4,9-10H2,(H,21,24). The quantitative estimate of drug-likeness (QED) is 0.670. The molecule has 1 fully saturated rings. The molecule has 6 heteroatoms. The molecule has 0 bridgehead atoms. The smallest absolute Gasteiger partial charge is 0.275 e. The van der Waals surface area contributed by atoms with Crippen molar-refractivity contribution in [3.05, 3.63) is 59.4 Å². The zero-order chi connectivity index (χ0) is 16.9. The van der Waals surface area contributed by atoms with Crippen LogP contribution in [0.4, 0.5) is 10.1 Å². The molecule has 124 valence electrons. The number of aromatic hydroxyl groups is 1. The predicted molar refractivity (Wildman–Crippen MR) is 91.0 cm³/mol. The van der Waals surface area contributed by atoms with Crippen LogP contribution >= 0.6 is 0 Å². The Morgan fingerprint density at radius 3 is 2.67 bits per heavy atom. The van der Waals surface area contributed by atoms with Crippen LogP contribution in [0.2, 0.25) is 0 Å². The Balaban J connectivity index is 1.65. The third-order valence-corrected chi connectivity index (χ3v) is 3.95. The fourth-order valence-corrected chi connectivity index (χ4v) is 2.71. The number of benzene rings is 2. The van der Waals surface area contributed by atoms with E-state index in [1.54, 1.807) is 24.3 Å². The molecule has 3 rings (SSSR count). The second-order valence-electron chi connectivity index (χ2n) is 5.62. The Morgan fingerprint density at radius 1 is 1.21 bits per heavy atom. The summed E-state index contributed by atoms with van der Waals surface area (Å²) < 4.78 is 14.2. The van der Waals surface area contributed by atoms with Crippen LogP contribution in [-0.2, 0) is 0 Å². The van der Waals surface area contributed by atoms with Gasteiger partial charge < -0.3 is 10.0 Å². The van der Waals surface area contributed by atoms with Gasteiger partial charge in [0, 0.05) is 13.1 Å². The molecule has 5 nitrogen and oxygen atoms in total. The van der Waals surface area contributed by atoms with Crippen LogP contribution in [0.3, 0.4) is 0 Å². The van der Waals surface area contributed by atoms with Gasteiger partial charge in [-0.3, -0.25) is 4.79 Å². The van der Waals surface area contributed by atoms with E-state index in [-0.39, 0.29) is 17.1 Å². The molecule has 2 aromatic rings. The highest BCUT2D eigenvalue weighted by Gasteiger charge is 2.15. The van der Waals surface area contributed by atoms with Gasteiger partial charge in [0.1, 0.15) is 11.6 Å². The minimum Gasteiger partial charge on any atom is -0.507 e. The first-order chi connectivity index (χ1) is 11.6. The summed E-state index contributed by atoms with van der Waals surface area (Å²) >= 11 is 0. The van der Waals surface area contributed by atoms with Gasteiger partial charge in [-0.05, 0) is 42.7 Å². The number of phenols is 1. The largest absolute Gasteiger partial charge is 0.507 e. The van der Waals surface area contributed by atoms with Crippen LogP contribution < -0.4 is 10.3 Å². The molecule has 1 aliphatic heterocycles. The van der Waals surface area contributed by atoms with Crippen LogP contribution in [0, 0.1) is 5.82 Å². The zero-order valence-corrected chi connectivity index (χ0v) is 13.1. The summed E-state index contributed by atoms with van der Waals surface area (Å²) in [6.45, 7) is 1.75. The number of nitrogens with one attached hydrogen (secondary N) is 1. The van der Waals surface area contributed by atoms with E-state index < -0.39 is 5.91 Å². The molecule has 24 heavy (non-hydrogen) atoms. The van der Waals surface area contributed by atoms with Crippen molar-refractivity contribution in [2.45, 2.75) is 12.8 Å². The van der Waals surface area contributed by atoms with Gasteiger partial charge in [-0.2, -0.15) is 5.10 Å². The number of para-hydroxylation sites is 1. The molecule has 2 N–H and O–H groups in total. The maximum atomic E-state index is 14.2. The van der Waals surface area contributed by atoms with Crippen LogP contribution in [0.25, 0.3) is 0 Å². The van der Waals surface area contributed by atoms with Crippen molar-refractivity contribution in [1.82, 2.24) is 5.43 Å². The number of amides is 1. The SMILES string of the molecule is O=C(NN=Cc1ccc(N2CCCC2)c(F)c1)c1ccccc1O. The Hall–Kier alpha value is -2.89. The molecule has 1 heterocycles. The summed E-state index contributed by atoms with van der Waals surface area (Å²) in [6.07, 6.45) is 3.54. The lowest BCUT2D eigenvalue weighted by molar-refractivity contribution is 0.0952. The van der Waals surface area contributed by atoms with E-state index in [4.69, 9.17) is 0 Å². The summed E-state index contributed by atoms with van der Waals surface area (Å²) in [5.41, 5.74) is 3.59. The van der Waals surface area contributed by atoms with Crippen LogP contribution in [-0.4, -0.2) is 30.3 Å². The maximum Gasteiger partial charge on any atom is 0.275 e. The normalized spacial score (nSPS) is 14.3. The lowest BCUT2D eigenvalue weighted by Crippen LogP contribution is -2.19. The second-order valence-corrected chi connectivity index (χ2v) is 5.62. The zero-order valence-electron chi connectivity index (χ0n) is 13.1. The van der Waals surface area contributed by atoms with Gasteiger partial charge in [-0.15, -0.1) is 0 Å². The predicted octanol–water partition coefficient (Wildman–Crippen LogP) is 2.90. The van der Waals surface area contributed by atoms with Gasteiger partial charge in [0.15, 0.2) is 0 Å². The second kappa shape index (κ2) is 7.12. The van der Waals surface area contributed by atoms with E-state index in [9.17, 15) is 14.3 Å². The van der Waals surface area contributed by atoms with E-state index in [0.717, 1.165) is 25.9 Å². The molecule has 0 atom stereocenters. The first-order valence-electron chi connectivity index (χ1n) is 7.81. The van der Waals surface area contributed by atoms with E-state index >= 15 is 0 Å². The van der Waals surface area contributed by atoms with Crippen LogP contribution in [0.5, 0.6) is 5.75 Å². The highest BCUT2D eigenvalue weighted by Crippen LogP contribution is 2.24. The summed E-state index contributed by atoms with van der Waals surface area (Å²) in [5.74, 6) is -0.947. The van der Waals surface area contributed by atoms with Gasteiger partial charge in [0.2, 0.25) is 0 Å². The number of halogens is 1. The molecule has 0 aromatic heterocycles. The molecule has 2 aromatic carbocycles. The molecule has 1 aliphatic rings. The highest BCUT2D eigenvalue weighted by molar-refractivity contribution is 5.97. The van der Waals surface area contributed by atoms with Gasteiger partial charge in [-0.1, -0.05) is 18.2 Å². The fraction of sp³-hybridized carbons (Fsp3) is 0.222. The molecule has 1 amide bonds. The van der Waals surface area contributed by atoms with E-state index in [1.165, 1.54) is 24.4 Å². The number of phenolic OH excluding ortho intramolecular Hbond substituents is 1. The van der Waals surface area contributed by atoms with Crippen molar-refractivity contribution < 1.29 is 14.3 Å². The number of hydrogen-bond donors (Lipinski definition) is 2. The van der Waals surface area contributed by atoms with Gasteiger partial charge in [0.25, 0.3) is 5.91 Å². The summed E-state index contributed by atoms with van der Waals surface area (Å²) in [7, 11) is 0. The molecule has 0 spiro atoms. The van der Waals surface area contributed by atoms with Gasteiger partial charge in [0.05, 0.1) is 17.5 Å². The third-order valence-electron chi connectivity index (χ3n) is 3.95. The van der Waals surface area contributed by atoms with Crippen molar-refractivity contribution in [3.8, 4) is 5.75 Å². The van der Waals surface area contributed by atoms with E-state index in [1.807, 2.05) is 4.90 Å². The van der Waals surface area contributed by atoms with Crippen molar-refractivity contribution in [3.63, 3.8) is 0 Å². The Bertz CT molecular complexity index is 771. The number of hydrogen-bond acceptors (Lipinski definition) is 4. The third kappa shape index (κ3) is 3.53. The first-order valence-corrected chi connectivity index (χ1v) is 7.81. The summed E-state index contributed by atoms with van der Waals surface area (Å²) in [4.78, 5) is 13.9. The average molecular weight is 327 g/mol. The monoisotopic (exact) mass is 327 g/mol. The van der Waals surface area contributed by atoms with Crippen LogP contribution in [0.1, 0.15) is 28.8 Å². The van der Waals surface area contributed by atoms with Crippen molar-refractivity contribution in [1.29, 1.82) is 0 Å². The summed E-state index contributed by atoms with van der Waals surface area (Å²) in [5, 5.41) is 13.4. The topological polar surface area (TPSA) is 64.9 Å². The first kappa shape index (κ1) is 16.0. The van der Waals surface area contributed by atoms with Crippen molar-refractivity contribution in [2.75, 3.05) is 18.0 Å². The van der Waals surface area contributed by atoms with E-state index in [2.05, 4.69) is 10.5 Å². The molecule has 0 aliphatic carbocycles. The molecule has 0 radical (unpaired) electrons. The number of carbonyl (C=O) groups excluding carboxylic acids is 1. The van der Waals surface area contributed by atoms with Gasteiger partial charge >= 0.3 is 0 Å². The minimum atomic E-state index is -0.529. The van der Waals surface area contributed by atoms with E-state index in [0.29, 0.717) is 11.3 Å². The lowest BCUT2D eigenvalue weighted by Gasteiger charge is -2.18. The Labute approximate surface area is 139 Å². The molecular weight excluding hydrogens is 309 g/mol. The van der Waals surface area contributed by atoms with Crippen molar-refractivity contribution in [2.24, 2.45) is 5.10 Å². The number of anilines is 1. The molecule has 0 unspecified atom stereocenters. The fourth-order valence-electron chi connectivity index (χ4n) is 2.71. The van der Waals surface area contributed by atoms with Crippen molar-refractivity contribution >= 4 is 17.8 Å². The maximum absolute atomic E-state index is 14.2. The Kier molecular flexibility index (Phi) is 4.74. The molecule has 0 saturated carbocycles. The number of carbonyl (C=O) groups is 1. The van der Waals surface area contributed by atoms with Gasteiger partial charge in [-0.25, -0.2) is 9.82 Å². The number of rotatable bonds is 4. The molecular formula is C18H18FN3O2. The Morgan fingerprint density at radius 2 is 1.96 bits per heavy atom. The number of hydrazone groups is 1. The average Bonchev–Trinajstić information content (AvgIpc) is 3.09. The lowest BCUT2D eigenvalue weighted by atomic mass is 10.2. The highest BCUT2D eigenvalue weighted by atomic mass is 19.1. The molecule has 1 saturated heterocycles. The number of nitrogens with zero attached hydrogens (tertiary/aromatic N) is 2. The minimum absolute atomic E-state index is 0.119. The van der Waals surface area contributed by atoms with Crippen LogP contribution in [0.15, 0.2) is 47.6 Å². The summed E-state index contributed by atoms with van der Waals surface area (Å²) in [6, 6.07) is 11.1.